The van der Waals surface area contributed by atoms with Crippen LogP contribution in [0.3, 0.4) is 0 Å². The molecule has 0 amide bonds. The van der Waals surface area contributed by atoms with E-state index in [4.69, 9.17) is 4.74 Å². The summed E-state index contributed by atoms with van der Waals surface area (Å²) < 4.78 is 5.23. The van der Waals surface area contributed by atoms with Crippen LogP contribution in [-0.2, 0) is 16.0 Å². The molecule has 0 atom stereocenters. The molecule has 6 heteroatoms. The molecule has 1 heterocycles. The van der Waals surface area contributed by atoms with E-state index in [1.807, 2.05) is 0 Å². The Balaban J connectivity index is 2.34. The maximum Gasteiger partial charge on any atom is 0.310 e. The van der Waals surface area contributed by atoms with Gasteiger partial charge in [0.2, 0.25) is 0 Å². The Morgan fingerprint density at radius 1 is 1.45 bits per heavy atom. The highest BCUT2D eigenvalue weighted by atomic mass is 16.6. The summed E-state index contributed by atoms with van der Waals surface area (Å²) in [6.07, 6.45) is 1.17. The van der Waals surface area contributed by atoms with Crippen LogP contribution in [0.1, 0.15) is 24.0 Å². The lowest BCUT2D eigenvalue weighted by Crippen LogP contribution is -2.39. The van der Waals surface area contributed by atoms with Gasteiger partial charge >= 0.3 is 5.97 Å². The highest BCUT2D eigenvalue weighted by Gasteiger charge is 2.40. The molecule has 0 saturated carbocycles. The van der Waals surface area contributed by atoms with Gasteiger partial charge in [-0.25, -0.2) is 0 Å². The summed E-state index contributed by atoms with van der Waals surface area (Å²) >= 11 is 0. The summed E-state index contributed by atoms with van der Waals surface area (Å²) in [5, 5.41) is 20.5. The Hall–Kier alpha value is -1.95. The normalized spacial score (nSPS) is 17.6. The van der Waals surface area contributed by atoms with Crippen molar-refractivity contribution in [3.8, 4) is 0 Å². The van der Waals surface area contributed by atoms with E-state index in [1.54, 1.807) is 19.1 Å². The third kappa shape index (κ3) is 2.65. The second-order valence-corrected chi connectivity index (χ2v) is 5.19. The highest BCUT2D eigenvalue weighted by Crippen LogP contribution is 2.36. The maximum atomic E-state index is 11.6. The average Bonchev–Trinajstić information content (AvgIpc) is 2.41. The minimum Gasteiger partial charge on any atom is -0.481 e. The van der Waals surface area contributed by atoms with E-state index in [0.29, 0.717) is 38.0 Å². The predicted octanol–water partition coefficient (Wildman–Crippen LogP) is 2.33. The van der Waals surface area contributed by atoms with Crippen LogP contribution in [0.5, 0.6) is 0 Å². The van der Waals surface area contributed by atoms with Gasteiger partial charge in [-0.1, -0.05) is 12.1 Å². The molecule has 1 aromatic rings. The van der Waals surface area contributed by atoms with Gasteiger partial charge in [0, 0.05) is 24.8 Å². The summed E-state index contributed by atoms with van der Waals surface area (Å²) in [7, 11) is 0. The highest BCUT2D eigenvalue weighted by molar-refractivity contribution is 5.75. The SMILES string of the molecule is Cc1c(CC2(C(=O)O)CCOCC2)cccc1[N+](=O)[O-]. The first-order chi connectivity index (χ1) is 9.46. The number of carboxylic acids is 1. The molecule has 1 aliphatic heterocycles. The van der Waals surface area contributed by atoms with Crippen molar-refractivity contribution >= 4 is 11.7 Å². The molecule has 6 nitrogen and oxygen atoms in total. The van der Waals surface area contributed by atoms with Gasteiger partial charge in [-0.15, -0.1) is 0 Å². The Labute approximate surface area is 116 Å². The molecular weight excluding hydrogens is 262 g/mol. The minimum atomic E-state index is -0.877. The molecule has 0 radical (unpaired) electrons. The van der Waals surface area contributed by atoms with Gasteiger partial charge in [-0.2, -0.15) is 0 Å². The van der Waals surface area contributed by atoms with E-state index in [0.717, 1.165) is 5.56 Å². The zero-order chi connectivity index (χ0) is 14.8. The molecule has 2 rings (SSSR count). The number of nitrogens with zero attached hydrogens (tertiary/aromatic N) is 1. The summed E-state index contributed by atoms with van der Waals surface area (Å²) in [6.45, 7) is 2.50. The summed E-state index contributed by atoms with van der Waals surface area (Å²) in [4.78, 5) is 22.1. The molecule has 1 aromatic carbocycles. The number of ether oxygens (including phenoxy) is 1. The van der Waals surface area contributed by atoms with Crippen molar-refractivity contribution in [1.82, 2.24) is 0 Å². The third-order valence-electron chi connectivity index (χ3n) is 4.05. The van der Waals surface area contributed by atoms with Crippen molar-refractivity contribution in [3.05, 3.63) is 39.4 Å². The van der Waals surface area contributed by atoms with Crippen LogP contribution >= 0.6 is 0 Å². The van der Waals surface area contributed by atoms with Crippen LogP contribution in [0.4, 0.5) is 5.69 Å². The first-order valence-corrected chi connectivity index (χ1v) is 6.50. The number of carbonyl (C=O) groups is 1. The second kappa shape index (κ2) is 5.58. The Morgan fingerprint density at radius 2 is 2.10 bits per heavy atom. The zero-order valence-corrected chi connectivity index (χ0v) is 11.3. The predicted molar refractivity (Wildman–Crippen MR) is 71.7 cm³/mol. The van der Waals surface area contributed by atoms with Gasteiger partial charge in [0.1, 0.15) is 0 Å². The zero-order valence-electron chi connectivity index (χ0n) is 11.3. The van der Waals surface area contributed by atoms with Crippen LogP contribution in [-0.4, -0.2) is 29.2 Å². The number of hydrogen-bond donors (Lipinski definition) is 1. The van der Waals surface area contributed by atoms with E-state index < -0.39 is 16.3 Å². The number of aliphatic carboxylic acids is 1. The lowest BCUT2D eigenvalue weighted by molar-refractivity contribution is -0.385. The molecule has 0 spiro atoms. The molecular formula is C14H17NO5. The second-order valence-electron chi connectivity index (χ2n) is 5.19. The third-order valence-corrected chi connectivity index (χ3v) is 4.05. The fraction of sp³-hybridized carbons (Fsp3) is 0.500. The molecule has 1 saturated heterocycles. The molecule has 0 aromatic heterocycles. The molecule has 1 N–H and O–H groups in total. The quantitative estimate of drug-likeness (QED) is 0.674. The van der Waals surface area contributed by atoms with Gasteiger partial charge in [0.05, 0.1) is 10.3 Å². The van der Waals surface area contributed by atoms with Gasteiger partial charge in [-0.05, 0) is 31.7 Å². The van der Waals surface area contributed by atoms with Crippen LogP contribution in [0.15, 0.2) is 18.2 Å². The Kier molecular flexibility index (Phi) is 4.04. The Morgan fingerprint density at radius 3 is 2.65 bits per heavy atom. The summed E-state index contributed by atoms with van der Waals surface area (Å²) in [6, 6.07) is 4.81. The monoisotopic (exact) mass is 279 g/mol. The van der Waals surface area contributed by atoms with Gasteiger partial charge < -0.3 is 9.84 Å². The first kappa shape index (κ1) is 14.5. The van der Waals surface area contributed by atoms with Crippen LogP contribution in [0.25, 0.3) is 0 Å². The van der Waals surface area contributed by atoms with Crippen molar-refractivity contribution < 1.29 is 19.6 Å². The van der Waals surface area contributed by atoms with Crippen molar-refractivity contribution in [2.75, 3.05) is 13.2 Å². The number of nitro groups is 1. The fourth-order valence-corrected chi connectivity index (χ4v) is 2.65. The molecule has 0 unspecified atom stereocenters. The number of rotatable bonds is 4. The van der Waals surface area contributed by atoms with Crippen molar-refractivity contribution in [2.24, 2.45) is 5.41 Å². The average molecular weight is 279 g/mol. The molecule has 108 valence electrons. The van der Waals surface area contributed by atoms with Gasteiger partial charge in [0.25, 0.3) is 5.69 Å². The summed E-state index contributed by atoms with van der Waals surface area (Å²) in [5.74, 6) is -0.855. The summed E-state index contributed by atoms with van der Waals surface area (Å²) in [5.41, 5.74) is 0.432. The van der Waals surface area contributed by atoms with Crippen molar-refractivity contribution in [1.29, 1.82) is 0 Å². The lowest BCUT2D eigenvalue weighted by atomic mass is 9.74. The molecule has 1 fully saturated rings. The van der Waals surface area contributed by atoms with E-state index in [9.17, 15) is 20.0 Å². The molecule has 20 heavy (non-hydrogen) atoms. The maximum absolute atomic E-state index is 11.6. The number of nitro benzene ring substituents is 1. The van der Waals surface area contributed by atoms with Gasteiger partial charge in [0.15, 0.2) is 0 Å². The van der Waals surface area contributed by atoms with Crippen LogP contribution < -0.4 is 0 Å². The standard InChI is InChI=1S/C14H17NO5/c1-10-11(3-2-4-12(10)15(18)19)9-14(13(16)17)5-7-20-8-6-14/h2-4H,5-9H2,1H3,(H,16,17). The fourth-order valence-electron chi connectivity index (χ4n) is 2.65. The molecule has 0 bridgehead atoms. The molecule has 0 aliphatic carbocycles. The van der Waals surface area contributed by atoms with Crippen molar-refractivity contribution in [2.45, 2.75) is 26.2 Å². The number of hydrogen-bond acceptors (Lipinski definition) is 4. The molecule has 1 aliphatic rings. The largest absolute Gasteiger partial charge is 0.481 e. The number of carboxylic acid groups (broad SMARTS) is 1. The first-order valence-electron chi connectivity index (χ1n) is 6.50. The van der Waals surface area contributed by atoms with E-state index >= 15 is 0 Å². The van der Waals surface area contributed by atoms with E-state index in [-0.39, 0.29) is 5.69 Å². The topological polar surface area (TPSA) is 89.7 Å². The van der Waals surface area contributed by atoms with E-state index in [1.165, 1.54) is 6.07 Å². The van der Waals surface area contributed by atoms with Gasteiger partial charge in [-0.3, -0.25) is 14.9 Å². The van der Waals surface area contributed by atoms with Crippen molar-refractivity contribution in [3.63, 3.8) is 0 Å². The van der Waals surface area contributed by atoms with Crippen LogP contribution in [0, 0.1) is 22.5 Å². The van der Waals surface area contributed by atoms with Crippen LogP contribution in [0.2, 0.25) is 0 Å². The minimum absolute atomic E-state index is 0.0371. The Bertz CT molecular complexity index is 534. The lowest BCUT2D eigenvalue weighted by Gasteiger charge is -2.33. The number of benzene rings is 1. The smallest absolute Gasteiger partial charge is 0.310 e. The van der Waals surface area contributed by atoms with E-state index in [2.05, 4.69) is 0 Å².